The number of amides is 1. The number of nitrogens with one attached hydrogen (secondary N) is 1. The summed E-state index contributed by atoms with van der Waals surface area (Å²) in [5.74, 6) is 0.939. The van der Waals surface area contributed by atoms with Crippen LogP contribution in [0.25, 0.3) is 17.1 Å². The highest BCUT2D eigenvalue weighted by atomic mass is 19.1. The Bertz CT molecular complexity index is 1170. The van der Waals surface area contributed by atoms with Crippen LogP contribution in [0.3, 0.4) is 0 Å². The second-order valence-electron chi connectivity index (χ2n) is 6.32. The number of benzene rings is 1. The van der Waals surface area contributed by atoms with E-state index >= 15 is 0 Å². The van der Waals surface area contributed by atoms with E-state index in [1.54, 1.807) is 35.7 Å². The highest BCUT2D eigenvalue weighted by molar-refractivity contribution is 5.92. The fraction of sp³-hybridized carbons (Fsp3) is 0.211. The number of anilines is 1. The number of nitrogens with zero attached hydrogens (tertiary/aromatic N) is 5. The van der Waals surface area contributed by atoms with Crippen LogP contribution >= 0.6 is 0 Å². The molecule has 0 spiro atoms. The van der Waals surface area contributed by atoms with Gasteiger partial charge in [0.2, 0.25) is 5.91 Å². The minimum atomic E-state index is -0.315. The number of halogens is 1. The summed E-state index contributed by atoms with van der Waals surface area (Å²) in [6.45, 7) is 3.59. The van der Waals surface area contributed by atoms with Crippen LogP contribution in [0.1, 0.15) is 24.1 Å². The van der Waals surface area contributed by atoms with Gasteiger partial charge in [-0.05, 0) is 42.8 Å². The average molecular weight is 380 g/mol. The molecular weight excluding hydrogens is 363 g/mol. The van der Waals surface area contributed by atoms with Crippen LogP contribution in [-0.4, -0.2) is 30.6 Å². The summed E-state index contributed by atoms with van der Waals surface area (Å²) < 4.78 is 20.3. The largest absolute Gasteiger partial charge is 0.334 e. The summed E-state index contributed by atoms with van der Waals surface area (Å²) >= 11 is 0. The number of carbonyl (C=O) groups excluding carboxylic acids is 1. The van der Waals surface area contributed by atoms with Gasteiger partial charge in [-0.1, -0.05) is 12.1 Å². The van der Waals surface area contributed by atoms with Crippen LogP contribution < -0.4 is 5.32 Å². The molecule has 0 unspecified atom stereocenters. The molecule has 1 amide bonds. The molecule has 9 heteroatoms. The van der Waals surface area contributed by atoms with E-state index in [0.29, 0.717) is 40.9 Å². The van der Waals surface area contributed by atoms with Gasteiger partial charge in [0.15, 0.2) is 11.5 Å². The lowest BCUT2D eigenvalue weighted by atomic mass is 10.2. The minimum Gasteiger partial charge on any atom is -0.334 e. The summed E-state index contributed by atoms with van der Waals surface area (Å²) in [5.41, 5.74) is 2.28. The molecule has 1 aromatic carbocycles. The van der Waals surface area contributed by atoms with Crippen molar-refractivity contribution in [2.45, 2.75) is 26.7 Å². The lowest BCUT2D eigenvalue weighted by Crippen LogP contribution is -2.16. The molecule has 0 aliphatic carbocycles. The van der Waals surface area contributed by atoms with E-state index in [1.165, 1.54) is 12.1 Å². The van der Waals surface area contributed by atoms with Gasteiger partial charge in [0, 0.05) is 23.9 Å². The molecule has 0 atom stereocenters. The fourth-order valence-electron chi connectivity index (χ4n) is 2.78. The Morgan fingerprint density at radius 2 is 2.11 bits per heavy atom. The highest BCUT2D eigenvalue weighted by Gasteiger charge is 2.14. The molecule has 0 saturated heterocycles. The fourth-order valence-corrected chi connectivity index (χ4v) is 2.78. The third kappa shape index (κ3) is 3.46. The van der Waals surface area contributed by atoms with E-state index in [1.807, 2.05) is 6.92 Å². The maximum Gasteiger partial charge on any atom is 0.258 e. The van der Waals surface area contributed by atoms with Crippen molar-refractivity contribution in [3.63, 3.8) is 0 Å². The van der Waals surface area contributed by atoms with E-state index in [9.17, 15) is 9.18 Å². The molecular formula is C19H17FN6O2. The molecule has 0 aliphatic heterocycles. The van der Waals surface area contributed by atoms with Gasteiger partial charge in [-0.25, -0.2) is 4.39 Å². The van der Waals surface area contributed by atoms with E-state index in [0.717, 1.165) is 5.56 Å². The summed E-state index contributed by atoms with van der Waals surface area (Å²) in [5, 5.41) is 14.8. The van der Waals surface area contributed by atoms with Gasteiger partial charge in [-0.2, -0.15) is 4.98 Å². The van der Waals surface area contributed by atoms with Crippen molar-refractivity contribution in [3.05, 3.63) is 59.6 Å². The molecule has 28 heavy (non-hydrogen) atoms. The Hall–Kier alpha value is -3.62. The minimum absolute atomic E-state index is 0.0253. The quantitative estimate of drug-likeness (QED) is 0.572. The topological polar surface area (TPSA) is 98.2 Å². The second-order valence-corrected chi connectivity index (χ2v) is 6.32. The SMILES string of the molecule is CCc1noc(-c2ccn3c(CC(=O)Nc4ccc(F)c(C)c4)nnc3c2)n1. The maximum atomic E-state index is 13.3. The summed E-state index contributed by atoms with van der Waals surface area (Å²) in [7, 11) is 0. The first kappa shape index (κ1) is 17.8. The zero-order valence-corrected chi connectivity index (χ0v) is 15.3. The Kier molecular flexibility index (Phi) is 4.56. The number of pyridine rings is 1. The zero-order valence-electron chi connectivity index (χ0n) is 15.3. The van der Waals surface area contributed by atoms with Gasteiger partial charge < -0.3 is 9.84 Å². The zero-order chi connectivity index (χ0) is 19.7. The van der Waals surface area contributed by atoms with Crippen molar-refractivity contribution in [3.8, 4) is 11.5 Å². The molecule has 0 aliphatic rings. The Morgan fingerprint density at radius 1 is 1.25 bits per heavy atom. The first-order valence-corrected chi connectivity index (χ1v) is 8.76. The molecule has 1 N–H and O–H groups in total. The van der Waals surface area contributed by atoms with Crippen molar-refractivity contribution in [1.82, 2.24) is 24.7 Å². The van der Waals surface area contributed by atoms with E-state index in [-0.39, 0.29) is 18.1 Å². The average Bonchev–Trinajstić information content (AvgIpc) is 3.31. The summed E-state index contributed by atoms with van der Waals surface area (Å²) in [6, 6.07) is 7.99. The predicted octanol–water partition coefficient (Wildman–Crippen LogP) is 2.97. The molecule has 3 heterocycles. The molecule has 0 bridgehead atoms. The van der Waals surface area contributed by atoms with Gasteiger partial charge in [0.05, 0.1) is 6.42 Å². The van der Waals surface area contributed by atoms with Crippen LogP contribution in [0.15, 0.2) is 41.1 Å². The third-order valence-corrected chi connectivity index (χ3v) is 4.27. The number of hydrogen-bond acceptors (Lipinski definition) is 6. The Labute approximate surface area is 159 Å². The highest BCUT2D eigenvalue weighted by Crippen LogP contribution is 2.19. The van der Waals surface area contributed by atoms with Gasteiger partial charge in [0.1, 0.15) is 11.6 Å². The van der Waals surface area contributed by atoms with Crippen LogP contribution in [-0.2, 0) is 17.6 Å². The third-order valence-electron chi connectivity index (χ3n) is 4.27. The number of carbonyl (C=O) groups is 1. The van der Waals surface area contributed by atoms with Crippen molar-refractivity contribution >= 4 is 17.2 Å². The van der Waals surface area contributed by atoms with Crippen molar-refractivity contribution < 1.29 is 13.7 Å². The summed E-state index contributed by atoms with van der Waals surface area (Å²) in [4.78, 5) is 16.6. The standard InChI is InChI=1S/C19H17FN6O2/c1-3-15-22-19(28-25-15)12-6-7-26-16(9-12)23-24-17(26)10-18(27)21-13-4-5-14(20)11(2)8-13/h4-9H,3,10H2,1-2H3,(H,21,27). The van der Waals surface area contributed by atoms with Crippen molar-refractivity contribution in [2.75, 3.05) is 5.32 Å². The monoisotopic (exact) mass is 380 g/mol. The van der Waals surface area contributed by atoms with Gasteiger partial charge in [-0.15, -0.1) is 10.2 Å². The molecule has 8 nitrogen and oxygen atoms in total. The Morgan fingerprint density at radius 3 is 2.86 bits per heavy atom. The lowest BCUT2D eigenvalue weighted by Gasteiger charge is -2.06. The van der Waals surface area contributed by atoms with E-state index in [2.05, 4.69) is 25.7 Å². The molecule has 0 radical (unpaired) electrons. The summed E-state index contributed by atoms with van der Waals surface area (Å²) in [6.07, 6.45) is 2.46. The predicted molar refractivity (Wildman–Crippen MR) is 99.1 cm³/mol. The number of aryl methyl sites for hydroxylation is 2. The van der Waals surface area contributed by atoms with Crippen LogP contribution in [0.2, 0.25) is 0 Å². The normalized spacial score (nSPS) is 11.1. The van der Waals surface area contributed by atoms with Gasteiger partial charge in [0.25, 0.3) is 5.89 Å². The van der Waals surface area contributed by atoms with Gasteiger partial charge >= 0.3 is 0 Å². The molecule has 3 aromatic heterocycles. The van der Waals surface area contributed by atoms with Crippen LogP contribution in [0.4, 0.5) is 10.1 Å². The lowest BCUT2D eigenvalue weighted by molar-refractivity contribution is -0.115. The molecule has 4 rings (SSSR count). The van der Waals surface area contributed by atoms with Crippen LogP contribution in [0, 0.1) is 12.7 Å². The second kappa shape index (κ2) is 7.18. The van der Waals surface area contributed by atoms with Crippen LogP contribution in [0.5, 0.6) is 0 Å². The first-order valence-electron chi connectivity index (χ1n) is 8.76. The number of fused-ring (bicyclic) bond motifs is 1. The maximum absolute atomic E-state index is 13.3. The smallest absolute Gasteiger partial charge is 0.258 e. The van der Waals surface area contributed by atoms with Crippen molar-refractivity contribution in [2.24, 2.45) is 0 Å². The van der Waals surface area contributed by atoms with Gasteiger partial charge in [-0.3, -0.25) is 9.20 Å². The van der Waals surface area contributed by atoms with Crippen molar-refractivity contribution in [1.29, 1.82) is 0 Å². The number of aromatic nitrogens is 5. The molecule has 0 saturated carbocycles. The van der Waals surface area contributed by atoms with E-state index < -0.39 is 0 Å². The molecule has 4 aromatic rings. The number of hydrogen-bond donors (Lipinski definition) is 1. The van der Waals surface area contributed by atoms with E-state index in [4.69, 9.17) is 4.52 Å². The first-order chi connectivity index (χ1) is 13.5. The molecule has 0 fully saturated rings. The number of rotatable bonds is 5. The molecule has 142 valence electrons. The Balaban J connectivity index is 1.52.